The van der Waals surface area contributed by atoms with Crippen molar-refractivity contribution in [2.45, 2.75) is 25.0 Å². The van der Waals surface area contributed by atoms with Crippen LogP contribution >= 0.6 is 11.8 Å². The third kappa shape index (κ3) is 7.66. The van der Waals surface area contributed by atoms with E-state index in [2.05, 4.69) is 20.6 Å². The Kier molecular flexibility index (Phi) is 9.10. The van der Waals surface area contributed by atoms with Crippen LogP contribution in [0.2, 0.25) is 0 Å². The van der Waals surface area contributed by atoms with Gasteiger partial charge < -0.3 is 25.1 Å². The molecule has 0 aliphatic carbocycles. The molecule has 0 saturated heterocycles. The van der Waals surface area contributed by atoms with E-state index in [0.29, 0.717) is 36.0 Å². The lowest BCUT2D eigenvalue weighted by molar-refractivity contribution is -0.120. The number of aromatic amines is 1. The lowest BCUT2D eigenvalue weighted by Crippen LogP contribution is -2.26. The zero-order valence-corrected chi connectivity index (χ0v) is 19.7. The summed E-state index contributed by atoms with van der Waals surface area (Å²) < 4.78 is 10.7. The number of nitrogens with one attached hydrogen (secondary N) is 3. The molecule has 3 N–H and O–H groups in total. The maximum absolute atomic E-state index is 12.4. The molecule has 0 atom stereocenters. The predicted octanol–water partition coefficient (Wildman–Crippen LogP) is 2.77. The zero-order valence-electron chi connectivity index (χ0n) is 18.9. The van der Waals surface area contributed by atoms with Crippen molar-refractivity contribution in [2.24, 2.45) is 0 Å². The monoisotopic (exact) mass is 482 g/mol. The van der Waals surface area contributed by atoms with Crippen LogP contribution in [0.1, 0.15) is 18.2 Å². The molecule has 0 unspecified atom stereocenters. The quantitative estimate of drug-likeness (QED) is 0.284. The van der Waals surface area contributed by atoms with E-state index >= 15 is 0 Å². The van der Waals surface area contributed by atoms with E-state index < -0.39 is 5.56 Å². The summed E-state index contributed by atoms with van der Waals surface area (Å²) in [5, 5.41) is 5.85. The molecule has 34 heavy (non-hydrogen) atoms. The highest BCUT2D eigenvalue weighted by molar-refractivity contribution is 7.99. The van der Waals surface area contributed by atoms with E-state index in [1.54, 1.807) is 25.3 Å². The Morgan fingerprint density at radius 2 is 1.91 bits per heavy atom. The summed E-state index contributed by atoms with van der Waals surface area (Å²) in [4.78, 5) is 43.6. The number of rotatable bonds is 11. The highest BCUT2D eigenvalue weighted by Crippen LogP contribution is 2.24. The molecule has 0 spiro atoms. The van der Waals surface area contributed by atoms with Crippen molar-refractivity contribution >= 4 is 29.3 Å². The number of methoxy groups -OCH3 is 1. The number of thioether (sulfide) groups is 1. The van der Waals surface area contributed by atoms with Crippen molar-refractivity contribution in [1.29, 1.82) is 0 Å². The number of ether oxygens (including phenoxy) is 2. The minimum atomic E-state index is -0.393. The summed E-state index contributed by atoms with van der Waals surface area (Å²) in [6.07, 6.45) is -0.0601. The van der Waals surface area contributed by atoms with E-state index in [-0.39, 0.29) is 29.1 Å². The van der Waals surface area contributed by atoms with Gasteiger partial charge in [-0.15, -0.1) is 0 Å². The molecule has 0 radical (unpaired) electrons. The molecule has 178 valence electrons. The lowest BCUT2D eigenvalue weighted by atomic mass is 10.2. The third-order valence-corrected chi connectivity index (χ3v) is 5.41. The van der Waals surface area contributed by atoms with Gasteiger partial charge in [0.05, 0.1) is 37.3 Å². The van der Waals surface area contributed by atoms with Gasteiger partial charge in [-0.05, 0) is 36.8 Å². The Labute approximate surface area is 201 Å². The van der Waals surface area contributed by atoms with Crippen molar-refractivity contribution in [3.05, 3.63) is 76.2 Å². The number of para-hydroxylation sites is 2. The highest BCUT2D eigenvalue weighted by atomic mass is 32.2. The fraction of sp³-hybridized carbons (Fsp3) is 0.250. The van der Waals surface area contributed by atoms with Gasteiger partial charge in [0.25, 0.3) is 5.56 Å². The number of hydrogen-bond acceptors (Lipinski definition) is 7. The maximum Gasteiger partial charge on any atom is 0.251 e. The second-order valence-electron chi connectivity index (χ2n) is 7.11. The summed E-state index contributed by atoms with van der Waals surface area (Å²) in [5.74, 6) is 0.754. The van der Waals surface area contributed by atoms with Crippen LogP contribution in [0.25, 0.3) is 0 Å². The van der Waals surface area contributed by atoms with E-state index in [0.717, 1.165) is 17.3 Å². The Balaban J connectivity index is 1.54. The van der Waals surface area contributed by atoms with Crippen LogP contribution in [0.5, 0.6) is 11.5 Å². The molecule has 3 rings (SSSR count). The van der Waals surface area contributed by atoms with Crippen molar-refractivity contribution < 1.29 is 19.1 Å². The molecule has 0 bridgehead atoms. The molecule has 1 heterocycles. The van der Waals surface area contributed by atoms with Gasteiger partial charge in [-0.3, -0.25) is 14.4 Å². The molecule has 0 fully saturated rings. The fourth-order valence-electron chi connectivity index (χ4n) is 3.02. The van der Waals surface area contributed by atoms with Crippen molar-refractivity contribution in [2.75, 3.05) is 24.8 Å². The first-order chi connectivity index (χ1) is 16.5. The minimum Gasteiger partial charge on any atom is -0.497 e. The number of aromatic nitrogens is 2. The average Bonchev–Trinajstić information content (AvgIpc) is 2.83. The van der Waals surface area contributed by atoms with Gasteiger partial charge >= 0.3 is 0 Å². The normalized spacial score (nSPS) is 10.4. The molecule has 3 aromatic rings. The van der Waals surface area contributed by atoms with Crippen LogP contribution in [-0.2, 0) is 22.6 Å². The van der Waals surface area contributed by atoms with Crippen LogP contribution in [0.3, 0.4) is 0 Å². The van der Waals surface area contributed by atoms with Gasteiger partial charge in [0.15, 0.2) is 5.16 Å². The van der Waals surface area contributed by atoms with Crippen LogP contribution in [0.15, 0.2) is 64.5 Å². The van der Waals surface area contributed by atoms with Crippen molar-refractivity contribution in [3.63, 3.8) is 0 Å². The lowest BCUT2D eigenvalue weighted by Gasteiger charge is -2.11. The molecule has 0 saturated carbocycles. The first-order valence-corrected chi connectivity index (χ1v) is 11.6. The van der Waals surface area contributed by atoms with Gasteiger partial charge in [0.1, 0.15) is 11.5 Å². The van der Waals surface area contributed by atoms with E-state index in [9.17, 15) is 14.4 Å². The Morgan fingerprint density at radius 3 is 2.71 bits per heavy atom. The van der Waals surface area contributed by atoms with E-state index in [1.165, 1.54) is 6.07 Å². The van der Waals surface area contributed by atoms with Gasteiger partial charge in [0, 0.05) is 12.6 Å². The Hall–Kier alpha value is -3.79. The number of carbonyl (C=O) groups is 2. The first-order valence-electron chi connectivity index (χ1n) is 10.6. The molecular weight excluding hydrogens is 456 g/mol. The van der Waals surface area contributed by atoms with Gasteiger partial charge in [-0.1, -0.05) is 36.0 Å². The summed E-state index contributed by atoms with van der Waals surface area (Å²) >= 11 is 1.07. The van der Waals surface area contributed by atoms with Gasteiger partial charge in [-0.25, -0.2) is 4.98 Å². The fourth-order valence-corrected chi connectivity index (χ4v) is 3.72. The smallest absolute Gasteiger partial charge is 0.251 e. The number of benzene rings is 2. The van der Waals surface area contributed by atoms with E-state index in [1.807, 2.05) is 37.3 Å². The summed E-state index contributed by atoms with van der Waals surface area (Å²) in [6, 6.07) is 15.8. The second-order valence-corrected chi connectivity index (χ2v) is 8.08. The molecule has 9 nitrogen and oxygen atoms in total. The SMILES string of the molecule is CCOc1ccccc1NC(=O)CSc1nc(CC(=O)NCc2cccc(OC)c2)cc(=O)[nH]1. The van der Waals surface area contributed by atoms with Crippen LogP contribution in [0, 0.1) is 0 Å². The standard InChI is InChI=1S/C24H26N4O5S/c1-3-33-20-10-5-4-9-19(20)27-23(31)15-34-24-26-17(13-22(30)28-24)12-21(29)25-14-16-7-6-8-18(11-16)32-2/h4-11,13H,3,12,14-15H2,1-2H3,(H,25,29)(H,27,31)(H,26,28,30). The number of carbonyl (C=O) groups excluding carboxylic acids is 2. The number of amides is 2. The number of hydrogen-bond donors (Lipinski definition) is 3. The predicted molar refractivity (Wildman–Crippen MR) is 130 cm³/mol. The largest absolute Gasteiger partial charge is 0.497 e. The third-order valence-electron chi connectivity index (χ3n) is 4.54. The Morgan fingerprint density at radius 1 is 1.09 bits per heavy atom. The summed E-state index contributed by atoms with van der Waals surface area (Å²) in [7, 11) is 1.58. The molecule has 2 amide bonds. The molecular formula is C24H26N4O5S. The van der Waals surface area contributed by atoms with Gasteiger partial charge in [-0.2, -0.15) is 0 Å². The Bertz CT molecular complexity index is 1200. The number of H-pyrrole nitrogens is 1. The topological polar surface area (TPSA) is 122 Å². The van der Waals surface area contributed by atoms with Crippen LogP contribution in [-0.4, -0.2) is 41.3 Å². The summed E-state index contributed by atoms with van der Waals surface area (Å²) in [6.45, 7) is 2.67. The maximum atomic E-state index is 12.4. The molecule has 0 aliphatic heterocycles. The summed E-state index contributed by atoms with van der Waals surface area (Å²) in [5.41, 5.74) is 1.38. The highest BCUT2D eigenvalue weighted by Gasteiger charge is 2.11. The van der Waals surface area contributed by atoms with Gasteiger partial charge in [0.2, 0.25) is 11.8 Å². The minimum absolute atomic E-state index is 0.0227. The van der Waals surface area contributed by atoms with Crippen LogP contribution in [0.4, 0.5) is 5.69 Å². The van der Waals surface area contributed by atoms with Crippen molar-refractivity contribution in [3.8, 4) is 11.5 Å². The molecule has 1 aromatic heterocycles. The number of anilines is 1. The average molecular weight is 483 g/mol. The molecule has 0 aliphatic rings. The van der Waals surface area contributed by atoms with Crippen molar-refractivity contribution in [1.82, 2.24) is 15.3 Å². The molecule has 2 aromatic carbocycles. The van der Waals surface area contributed by atoms with Crippen LogP contribution < -0.4 is 25.7 Å². The first kappa shape index (κ1) is 24.8. The number of nitrogens with zero attached hydrogens (tertiary/aromatic N) is 1. The molecule has 10 heteroatoms. The van der Waals surface area contributed by atoms with E-state index in [4.69, 9.17) is 9.47 Å². The second kappa shape index (κ2) is 12.4. The zero-order chi connectivity index (χ0) is 24.3.